The molecule has 2 aromatic rings. The predicted octanol–water partition coefficient (Wildman–Crippen LogP) is 4.04. The van der Waals surface area contributed by atoms with Crippen molar-refractivity contribution in [3.05, 3.63) is 64.2 Å². The van der Waals surface area contributed by atoms with Crippen LogP contribution in [0.3, 0.4) is 0 Å². The van der Waals surface area contributed by atoms with Crippen molar-refractivity contribution in [1.82, 2.24) is 5.32 Å². The summed E-state index contributed by atoms with van der Waals surface area (Å²) >= 11 is 1.30. The monoisotopic (exact) mass is 396 g/mol. The third-order valence-corrected chi connectivity index (χ3v) is 4.70. The molecule has 27 heavy (non-hydrogen) atoms. The molecule has 0 radical (unpaired) electrons. The van der Waals surface area contributed by atoms with Gasteiger partial charge in [-0.1, -0.05) is 12.1 Å². The lowest BCUT2D eigenvalue weighted by atomic mass is 10.1. The molecule has 0 heterocycles. The zero-order chi connectivity index (χ0) is 19.8. The summed E-state index contributed by atoms with van der Waals surface area (Å²) in [6.07, 6.45) is 0.551. The lowest BCUT2D eigenvalue weighted by Gasteiger charge is -2.12. The SMILES string of the molecule is CC(Sc1ccc([N+](=O)[O-])cc1)C(=O)NCCc1ccc(OC(F)F)cc1. The fourth-order valence-electron chi connectivity index (χ4n) is 2.22. The van der Waals surface area contributed by atoms with Gasteiger partial charge in [0.05, 0.1) is 10.2 Å². The molecule has 0 bridgehead atoms. The molecule has 0 spiro atoms. The Labute approximate surface area is 159 Å². The minimum Gasteiger partial charge on any atom is -0.435 e. The number of hydrogen-bond acceptors (Lipinski definition) is 5. The predicted molar refractivity (Wildman–Crippen MR) is 98.2 cm³/mol. The maximum atomic E-state index is 12.1. The van der Waals surface area contributed by atoms with E-state index in [9.17, 15) is 23.7 Å². The molecule has 1 N–H and O–H groups in total. The van der Waals surface area contributed by atoms with Crippen molar-refractivity contribution in [2.75, 3.05) is 6.54 Å². The minimum absolute atomic E-state index is 0.00132. The molecule has 2 rings (SSSR count). The molecule has 0 aliphatic heterocycles. The van der Waals surface area contributed by atoms with Crippen LogP contribution in [0.15, 0.2) is 53.4 Å². The van der Waals surface area contributed by atoms with E-state index in [-0.39, 0.29) is 22.6 Å². The van der Waals surface area contributed by atoms with Crippen molar-refractivity contribution in [2.45, 2.75) is 30.1 Å². The summed E-state index contributed by atoms with van der Waals surface area (Å²) in [6.45, 7) is -0.707. The standard InChI is InChI=1S/C18H18F2N2O4S/c1-12(27-16-8-4-14(5-9-16)22(24)25)17(23)21-11-10-13-2-6-15(7-3-13)26-18(19)20/h2-9,12,18H,10-11H2,1H3,(H,21,23). The quantitative estimate of drug-likeness (QED) is 0.393. The van der Waals surface area contributed by atoms with Gasteiger partial charge in [0.1, 0.15) is 5.75 Å². The molecule has 0 fully saturated rings. The highest BCUT2D eigenvalue weighted by molar-refractivity contribution is 8.00. The van der Waals surface area contributed by atoms with E-state index < -0.39 is 11.5 Å². The van der Waals surface area contributed by atoms with Gasteiger partial charge in [-0.2, -0.15) is 8.78 Å². The van der Waals surface area contributed by atoms with Crippen LogP contribution in [0.25, 0.3) is 0 Å². The number of nitrogens with zero attached hydrogens (tertiary/aromatic N) is 1. The van der Waals surface area contributed by atoms with Gasteiger partial charge in [-0.05, 0) is 43.2 Å². The first-order valence-corrected chi connectivity index (χ1v) is 8.95. The van der Waals surface area contributed by atoms with Gasteiger partial charge in [0.25, 0.3) is 5.69 Å². The van der Waals surface area contributed by atoms with E-state index in [1.807, 2.05) is 0 Å². The first kappa shape index (κ1) is 20.6. The average Bonchev–Trinajstić information content (AvgIpc) is 2.63. The fraction of sp³-hybridized carbons (Fsp3) is 0.278. The van der Waals surface area contributed by atoms with Crippen molar-refractivity contribution < 1.29 is 23.2 Å². The number of halogens is 2. The maximum absolute atomic E-state index is 12.1. The Morgan fingerprint density at radius 3 is 2.37 bits per heavy atom. The van der Waals surface area contributed by atoms with Crippen molar-refractivity contribution >= 4 is 23.4 Å². The van der Waals surface area contributed by atoms with E-state index >= 15 is 0 Å². The van der Waals surface area contributed by atoms with Crippen LogP contribution in [0.2, 0.25) is 0 Å². The molecule has 0 aliphatic carbocycles. The van der Waals surface area contributed by atoms with E-state index in [0.29, 0.717) is 13.0 Å². The highest BCUT2D eigenvalue weighted by Crippen LogP contribution is 2.25. The zero-order valence-electron chi connectivity index (χ0n) is 14.4. The smallest absolute Gasteiger partial charge is 0.387 e. The average molecular weight is 396 g/mol. The summed E-state index contributed by atoms with van der Waals surface area (Å²) in [4.78, 5) is 23.1. The Hall–Kier alpha value is -2.68. The first-order chi connectivity index (χ1) is 12.8. The molecular formula is C18H18F2N2O4S. The number of hydrogen-bond donors (Lipinski definition) is 1. The number of thioether (sulfide) groups is 1. The number of nitro benzene ring substituents is 1. The summed E-state index contributed by atoms with van der Waals surface area (Å²) in [6, 6.07) is 12.2. The van der Waals surface area contributed by atoms with Gasteiger partial charge in [0, 0.05) is 23.6 Å². The summed E-state index contributed by atoms with van der Waals surface area (Å²) in [7, 11) is 0. The van der Waals surface area contributed by atoms with Crippen LogP contribution in [0.4, 0.5) is 14.5 Å². The number of alkyl halides is 2. The van der Waals surface area contributed by atoms with Crippen LogP contribution in [-0.4, -0.2) is 29.2 Å². The number of benzene rings is 2. The van der Waals surface area contributed by atoms with Gasteiger partial charge in [-0.25, -0.2) is 0 Å². The third-order valence-electron chi connectivity index (χ3n) is 3.59. The topological polar surface area (TPSA) is 81.5 Å². The Morgan fingerprint density at radius 1 is 1.19 bits per heavy atom. The Balaban J connectivity index is 1.76. The molecule has 1 unspecified atom stereocenters. The molecule has 0 aliphatic rings. The number of ether oxygens (including phenoxy) is 1. The van der Waals surface area contributed by atoms with Crippen molar-refractivity contribution in [3.8, 4) is 5.75 Å². The summed E-state index contributed by atoms with van der Waals surface area (Å²) in [5.41, 5.74) is 0.883. The molecule has 0 saturated heterocycles. The van der Waals surface area contributed by atoms with Crippen LogP contribution >= 0.6 is 11.8 Å². The van der Waals surface area contributed by atoms with Gasteiger partial charge in [-0.15, -0.1) is 11.8 Å². The molecule has 0 saturated carbocycles. The van der Waals surface area contributed by atoms with Gasteiger partial charge in [0.2, 0.25) is 5.91 Å². The van der Waals surface area contributed by atoms with E-state index in [0.717, 1.165) is 10.5 Å². The van der Waals surface area contributed by atoms with Crippen LogP contribution in [0, 0.1) is 10.1 Å². The Morgan fingerprint density at radius 2 is 1.81 bits per heavy atom. The molecule has 9 heteroatoms. The van der Waals surface area contributed by atoms with Gasteiger partial charge in [0.15, 0.2) is 0 Å². The number of carbonyl (C=O) groups excluding carboxylic acids is 1. The van der Waals surface area contributed by atoms with E-state index in [1.165, 1.54) is 36.0 Å². The van der Waals surface area contributed by atoms with Crippen LogP contribution < -0.4 is 10.1 Å². The van der Waals surface area contributed by atoms with Crippen molar-refractivity contribution in [1.29, 1.82) is 0 Å². The zero-order valence-corrected chi connectivity index (χ0v) is 15.2. The molecular weight excluding hydrogens is 378 g/mol. The van der Waals surface area contributed by atoms with Crippen LogP contribution in [0.1, 0.15) is 12.5 Å². The number of carbonyl (C=O) groups is 1. The highest BCUT2D eigenvalue weighted by Gasteiger charge is 2.14. The molecule has 1 atom stereocenters. The lowest BCUT2D eigenvalue weighted by Crippen LogP contribution is -2.32. The Kier molecular flexibility index (Phi) is 7.54. The largest absolute Gasteiger partial charge is 0.435 e. The van der Waals surface area contributed by atoms with Gasteiger partial charge in [-0.3, -0.25) is 14.9 Å². The van der Waals surface area contributed by atoms with Crippen molar-refractivity contribution in [3.63, 3.8) is 0 Å². The first-order valence-electron chi connectivity index (χ1n) is 8.07. The van der Waals surface area contributed by atoms with E-state index in [4.69, 9.17) is 0 Å². The maximum Gasteiger partial charge on any atom is 0.387 e. The second-order valence-electron chi connectivity index (χ2n) is 5.57. The van der Waals surface area contributed by atoms with E-state index in [2.05, 4.69) is 10.1 Å². The molecule has 6 nitrogen and oxygen atoms in total. The number of rotatable bonds is 9. The summed E-state index contributed by atoms with van der Waals surface area (Å²) < 4.78 is 28.5. The second kappa shape index (κ2) is 9.86. The van der Waals surface area contributed by atoms with Gasteiger partial charge >= 0.3 is 6.61 Å². The van der Waals surface area contributed by atoms with Crippen LogP contribution in [0.5, 0.6) is 5.75 Å². The number of nitro groups is 1. The van der Waals surface area contributed by atoms with E-state index in [1.54, 1.807) is 31.2 Å². The second-order valence-corrected chi connectivity index (χ2v) is 6.99. The number of non-ortho nitro benzene ring substituents is 1. The highest BCUT2D eigenvalue weighted by atomic mass is 32.2. The number of amides is 1. The molecule has 0 aromatic heterocycles. The Bertz CT molecular complexity index is 770. The minimum atomic E-state index is -2.86. The summed E-state index contributed by atoms with van der Waals surface area (Å²) in [5, 5.41) is 13.1. The third kappa shape index (κ3) is 6.86. The van der Waals surface area contributed by atoms with Crippen LogP contribution in [-0.2, 0) is 11.2 Å². The fourth-order valence-corrected chi connectivity index (χ4v) is 3.11. The molecule has 2 aromatic carbocycles. The van der Waals surface area contributed by atoms with Crippen molar-refractivity contribution in [2.24, 2.45) is 0 Å². The normalized spacial score (nSPS) is 11.9. The molecule has 144 valence electrons. The molecule has 1 amide bonds. The summed E-state index contributed by atoms with van der Waals surface area (Å²) in [5.74, 6) is -0.0677. The lowest BCUT2D eigenvalue weighted by molar-refractivity contribution is -0.384. The number of nitrogens with one attached hydrogen (secondary N) is 1. The van der Waals surface area contributed by atoms with Gasteiger partial charge < -0.3 is 10.1 Å².